The van der Waals surface area contributed by atoms with E-state index in [-0.39, 0.29) is 12.2 Å². The van der Waals surface area contributed by atoms with Crippen LogP contribution in [0.15, 0.2) is 47.9 Å². The molecule has 0 unspecified atom stereocenters. The molecule has 1 amide bonds. The maximum Gasteiger partial charge on any atom is 0.414 e. The molecule has 5 nitrogen and oxygen atoms in total. The molecule has 1 aromatic heterocycles. The number of cyclic esters (lactones) is 1. The van der Waals surface area contributed by atoms with Crippen molar-refractivity contribution in [2.45, 2.75) is 17.8 Å². The molecule has 1 aliphatic rings. The maximum absolute atomic E-state index is 11.9. The number of imidazole rings is 1. The van der Waals surface area contributed by atoms with Gasteiger partial charge < -0.3 is 9.30 Å². The van der Waals surface area contributed by atoms with Gasteiger partial charge in [-0.15, -0.1) is 0 Å². The summed E-state index contributed by atoms with van der Waals surface area (Å²) >= 11 is 1.58. The van der Waals surface area contributed by atoms with Crippen molar-refractivity contribution < 1.29 is 9.53 Å². The Balaban J connectivity index is 1.71. The van der Waals surface area contributed by atoms with Gasteiger partial charge in [-0.25, -0.2) is 9.78 Å². The summed E-state index contributed by atoms with van der Waals surface area (Å²) in [6.07, 6.45) is 5.22. The largest absolute Gasteiger partial charge is 0.442 e. The van der Waals surface area contributed by atoms with Gasteiger partial charge in [-0.05, 0) is 18.4 Å². The molecule has 0 spiro atoms. The second kappa shape index (κ2) is 5.58. The Morgan fingerprint density at radius 1 is 1.40 bits per heavy atom. The van der Waals surface area contributed by atoms with Crippen LogP contribution in [-0.2, 0) is 11.3 Å². The molecule has 0 aliphatic carbocycles. The number of amides is 1. The Labute approximate surface area is 121 Å². The van der Waals surface area contributed by atoms with Crippen LogP contribution in [0.3, 0.4) is 0 Å². The van der Waals surface area contributed by atoms with E-state index in [4.69, 9.17) is 4.74 Å². The third kappa shape index (κ3) is 2.51. The zero-order valence-electron chi connectivity index (χ0n) is 11.1. The van der Waals surface area contributed by atoms with E-state index in [1.807, 2.05) is 47.4 Å². The first-order valence-corrected chi connectivity index (χ1v) is 7.58. The van der Waals surface area contributed by atoms with Crippen molar-refractivity contribution in [2.75, 3.05) is 17.7 Å². The fraction of sp³-hybridized carbons (Fsp3) is 0.286. The number of hydrogen-bond acceptors (Lipinski definition) is 4. The van der Waals surface area contributed by atoms with Crippen LogP contribution in [-0.4, -0.2) is 34.5 Å². The van der Waals surface area contributed by atoms with Crippen molar-refractivity contribution in [3.8, 4) is 0 Å². The van der Waals surface area contributed by atoms with Gasteiger partial charge in [-0.2, -0.15) is 0 Å². The van der Waals surface area contributed by atoms with Gasteiger partial charge in [0.2, 0.25) is 0 Å². The number of nitrogens with zero attached hydrogens (tertiary/aromatic N) is 3. The Bertz CT molecular complexity index is 599. The highest BCUT2D eigenvalue weighted by Crippen LogP contribution is 2.22. The van der Waals surface area contributed by atoms with E-state index in [1.54, 1.807) is 22.9 Å². The summed E-state index contributed by atoms with van der Waals surface area (Å²) in [4.78, 5) is 17.9. The Hall–Kier alpha value is -1.95. The first-order chi connectivity index (χ1) is 9.78. The monoisotopic (exact) mass is 289 g/mol. The summed E-state index contributed by atoms with van der Waals surface area (Å²) in [6.45, 7) is 1.19. The average Bonchev–Trinajstić information content (AvgIpc) is 3.06. The summed E-state index contributed by atoms with van der Waals surface area (Å²) in [7, 11) is 0. The number of para-hydroxylation sites is 1. The lowest BCUT2D eigenvalue weighted by Crippen LogP contribution is -2.25. The van der Waals surface area contributed by atoms with Gasteiger partial charge in [0.1, 0.15) is 6.10 Å². The number of rotatable bonds is 4. The predicted octanol–water partition coefficient (Wildman–Crippen LogP) is 2.63. The van der Waals surface area contributed by atoms with Crippen LogP contribution >= 0.6 is 11.8 Å². The lowest BCUT2D eigenvalue weighted by atomic mass is 10.3. The molecule has 0 bridgehead atoms. The van der Waals surface area contributed by atoms with Gasteiger partial charge in [0.15, 0.2) is 5.16 Å². The zero-order valence-corrected chi connectivity index (χ0v) is 11.9. The fourth-order valence-electron chi connectivity index (χ4n) is 2.28. The first-order valence-electron chi connectivity index (χ1n) is 6.36. The molecule has 1 atom stereocenters. The molecule has 1 aliphatic heterocycles. The number of anilines is 1. The lowest BCUT2D eigenvalue weighted by molar-refractivity contribution is 0.130. The van der Waals surface area contributed by atoms with E-state index in [1.165, 1.54) is 0 Å². The van der Waals surface area contributed by atoms with Gasteiger partial charge in [0, 0.05) is 18.1 Å². The summed E-state index contributed by atoms with van der Waals surface area (Å²) in [5, 5.41) is 0.930. The Kier molecular flexibility index (Phi) is 3.64. The Morgan fingerprint density at radius 2 is 2.20 bits per heavy atom. The predicted molar refractivity (Wildman–Crippen MR) is 78.1 cm³/mol. The van der Waals surface area contributed by atoms with Gasteiger partial charge >= 0.3 is 6.09 Å². The van der Waals surface area contributed by atoms with Crippen LogP contribution in [0.5, 0.6) is 0 Å². The van der Waals surface area contributed by atoms with Crippen molar-refractivity contribution in [3.63, 3.8) is 0 Å². The van der Waals surface area contributed by atoms with E-state index >= 15 is 0 Å². The van der Waals surface area contributed by atoms with Crippen molar-refractivity contribution in [2.24, 2.45) is 0 Å². The molecule has 0 saturated carbocycles. The minimum absolute atomic E-state index is 0.150. The molecule has 1 fully saturated rings. The Morgan fingerprint density at radius 3 is 2.95 bits per heavy atom. The molecule has 2 aromatic rings. The molecule has 20 heavy (non-hydrogen) atoms. The van der Waals surface area contributed by atoms with Crippen LogP contribution in [0, 0.1) is 0 Å². The highest BCUT2D eigenvalue weighted by molar-refractivity contribution is 7.98. The molecule has 1 aromatic carbocycles. The molecule has 3 rings (SSSR count). The second-order valence-corrected chi connectivity index (χ2v) is 5.29. The SMILES string of the molecule is CSc1nccn1C[C@@H]1CN(c2ccccc2)C(=O)O1. The molecular formula is C14H15N3O2S. The zero-order chi connectivity index (χ0) is 13.9. The highest BCUT2D eigenvalue weighted by Gasteiger charge is 2.32. The average molecular weight is 289 g/mol. The normalized spacial score (nSPS) is 18.4. The van der Waals surface area contributed by atoms with Crippen LogP contribution in [0.4, 0.5) is 10.5 Å². The molecule has 0 radical (unpaired) electrons. The smallest absolute Gasteiger partial charge is 0.414 e. The molecule has 104 valence electrons. The van der Waals surface area contributed by atoms with Crippen LogP contribution in [0.2, 0.25) is 0 Å². The minimum Gasteiger partial charge on any atom is -0.442 e. The van der Waals surface area contributed by atoms with Crippen molar-refractivity contribution in [3.05, 3.63) is 42.7 Å². The fourth-order valence-corrected chi connectivity index (χ4v) is 2.82. The van der Waals surface area contributed by atoms with Gasteiger partial charge in [0.25, 0.3) is 0 Å². The third-order valence-electron chi connectivity index (χ3n) is 3.20. The quantitative estimate of drug-likeness (QED) is 0.812. The van der Waals surface area contributed by atoms with E-state index in [0.717, 1.165) is 10.8 Å². The van der Waals surface area contributed by atoms with E-state index in [9.17, 15) is 4.79 Å². The van der Waals surface area contributed by atoms with Crippen molar-refractivity contribution >= 4 is 23.5 Å². The molecular weight excluding hydrogens is 274 g/mol. The summed E-state index contributed by atoms with van der Waals surface area (Å²) in [5.74, 6) is 0. The second-order valence-electron chi connectivity index (χ2n) is 4.52. The lowest BCUT2D eigenvalue weighted by Gasteiger charge is -2.13. The standard InChI is InChI=1S/C14H15N3O2S/c1-20-13-15-7-8-16(13)9-12-10-17(14(18)19-12)11-5-3-2-4-6-11/h2-8,12H,9-10H2,1H3/t12-/m1/s1. The first kappa shape index (κ1) is 13.1. The number of ether oxygens (including phenoxy) is 1. The molecule has 0 N–H and O–H groups in total. The minimum atomic E-state index is -0.285. The van der Waals surface area contributed by atoms with E-state index in [2.05, 4.69) is 4.98 Å². The maximum atomic E-state index is 11.9. The van der Waals surface area contributed by atoms with Crippen LogP contribution < -0.4 is 4.90 Å². The molecule has 2 heterocycles. The highest BCUT2D eigenvalue weighted by atomic mass is 32.2. The number of hydrogen-bond donors (Lipinski definition) is 0. The summed E-state index contributed by atoms with van der Waals surface area (Å²) < 4.78 is 7.44. The van der Waals surface area contributed by atoms with Gasteiger partial charge in [-0.3, -0.25) is 4.90 Å². The van der Waals surface area contributed by atoms with Gasteiger partial charge in [0.05, 0.1) is 13.1 Å². The number of carbonyl (C=O) groups excluding carboxylic acids is 1. The van der Waals surface area contributed by atoms with E-state index < -0.39 is 0 Å². The van der Waals surface area contributed by atoms with E-state index in [0.29, 0.717) is 13.1 Å². The number of aromatic nitrogens is 2. The number of benzene rings is 1. The summed E-state index contributed by atoms with van der Waals surface area (Å²) in [5.41, 5.74) is 0.871. The van der Waals surface area contributed by atoms with Crippen molar-refractivity contribution in [1.82, 2.24) is 9.55 Å². The van der Waals surface area contributed by atoms with Crippen LogP contribution in [0.1, 0.15) is 0 Å². The number of thioether (sulfide) groups is 1. The number of carbonyl (C=O) groups is 1. The third-order valence-corrected chi connectivity index (χ3v) is 3.91. The topological polar surface area (TPSA) is 47.4 Å². The van der Waals surface area contributed by atoms with Gasteiger partial charge in [-0.1, -0.05) is 30.0 Å². The molecule has 6 heteroatoms. The van der Waals surface area contributed by atoms with Crippen LogP contribution in [0.25, 0.3) is 0 Å². The molecule has 1 saturated heterocycles. The summed E-state index contributed by atoms with van der Waals surface area (Å²) in [6, 6.07) is 9.58. The van der Waals surface area contributed by atoms with Crippen molar-refractivity contribution in [1.29, 1.82) is 0 Å².